The lowest BCUT2D eigenvalue weighted by Crippen LogP contribution is -1.99. The zero-order valence-corrected chi connectivity index (χ0v) is 13.5. The lowest BCUT2D eigenvalue weighted by atomic mass is 10.3. The van der Waals surface area contributed by atoms with E-state index in [1.54, 1.807) is 31.5 Å². The van der Waals surface area contributed by atoms with E-state index in [0.717, 1.165) is 21.3 Å². The predicted molar refractivity (Wildman–Crippen MR) is 85.5 cm³/mol. The van der Waals surface area contributed by atoms with Gasteiger partial charge in [-0.3, -0.25) is 4.57 Å². The van der Waals surface area contributed by atoms with E-state index in [0.29, 0.717) is 15.5 Å². The number of ether oxygens (including phenoxy) is 1. The number of aromatic nitrogens is 3. The highest BCUT2D eigenvalue weighted by molar-refractivity contribution is 9.10. The first-order valence-corrected chi connectivity index (χ1v) is 7.28. The zero-order valence-electron chi connectivity index (χ0n) is 10.4. The van der Waals surface area contributed by atoms with Gasteiger partial charge >= 0.3 is 0 Å². The van der Waals surface area contributed by atoms with Crippen molar-refractivity contribution in [3.05, 3.63) is 44.7 Å². The summed E-state index contributed by atoms with van der Waals surface area (Å²) < 4.78 is 8.60. The Bertz CT molecular complexity index is 858. The molecule has 0 saturated heterocycles. The van der Waals surface area contributed by atoms with Crippen LogP contribution in [0, 0.1) is 4.77 Å². The molecule has 20 heavy (non-hydrogen) atoms. The Morgan fingerprint density at radius 3 is 2.95 bits per heavy atom. The fourth-order valence-corrected chi connectivity index (χ4v) is 2.82. The molecule has 102 valence electrons. The minimum atomic E-state index is 0.533. The van der Waals surface area contributed by atoms with Gasteiger partial charge < -0.3 is 9.72 Å². The van der Waals surface area contributed by atoms with E-state index in [1.165, 1.54) is 0 Å². The molecule has 2 heterocycles. The van der Waals surface area contributed by atoms with Crippen LogP contribution in [-0.4, -0.2) is 21.6 Å². The number of hydrogen-bond donors (Lipinski definition) is 1. The number of halogens is 2. The molecule has 1 N–H and O–H groups in total. The van der Waals surface area contributed by atoms with Gasteiger partial charge in [0.1, 0.15) is 5.75 Å². The molecule has 7 heteroatoms. The lowest BCUT2D eigenvalue weighted by Gasteiger charge is -2.10. The van der Waals surface area contributed by atoms with Crippen LogP contribution in [0.25, 0.3) is 16.9 Å². The van der Waals surface area contributed by atoms with Crippen molar-refractivity contribution >= 4 is 50.9 Å². The molecule has 0 aliphatic rings. The molecule has 0 atom stereocenters. The standard InChI is InChI=1S/C13H9BrClN3OS/c1-19-11-3-2-8(15)5-10(11)18-12-9(17-13(18)20)4-7(14)6-16-12/h2-6H,1H3,(H,17,20). The molecule has 3 aromatic rings. The number of imidazole rings is 1. The molecule has 3 rings (SSSR count). The van der Waals surface area contributed by atoms with Gasteiger partial charge in [0.05, 0.1) is 18.3 Å². The number of fused-ring (bicyclic) bond motifs is 1. The molecule has 0 radical (unpaired) electrons. The highest BCUT2D eigenvalue weighted by Crippen LogP contribution is 2.29. The number of pyridine rings is 1. The molecule has 0 aliphatic carbocycles. The molecule has 0 fully saturated rings. The van der Waals surface area contributed by atoms with Crippen molar-refractivity contribution in [2.24, 2.45) is 0 Å². The zero-order chi connectivity index (χ0) is 14.3. The van der Waals surface area contributed by atoms with Crippen molar-refractivity contribution in [2.75, 3.05) is 7.11 Å². The second-order valence-corrected chi connectivity index (χ2v) is 5.85. The summed E-state index contributed by atoms with van der Waals surface area (Å²) in [5.41, 5.74) is 2.32. The molecule has 0 amide bonds. The van der Waals surface area contributed by atoms with Crippen molar-refractivity contribution in [3.63, 3.8) is 0 Å². The topological polar surface area (TPSA) is 42.8 Å². The van der Waals surface area contributed by atoms with Gasteiger partial charge in [0, 0.05) is 15.7 Å². The Morgan fingerprint density at radius 2 is 2.20 bits per heavy atom. The number of benzene rings is 1. The molecule has 0 spiro atoms. The first-order chi connectivity index (χ1) is 9.60. The van der Waals surface area contributed by atoms with Gasteiger partial charge in [-0.2, -0.15) is 0 Å². The molecule has 4 nitrogen and oxygen atoms in total. The normalized spacial score (nSPS) is 10.9. The number of H-pyrrole nitrogens is 1. The molecule has 0 bridgehead atoms. The van der Waals surface area contributed by atoms with Gasteiger partial charge in [-0.1, -0.05) is 11.6 Å². The molecule has 2 aromatic heterocycles. The summed E-state index contributed by atoms with van der Waals surface area (Å²) >= 11 is 14.9. The SMILES string of the molecule is COc1ccc(Cl)cc1-n1c(=S)[nH]c2cc(Br)cnc21. The van der Waals surface area contributed by atoms with E-state index >= 15 is 0 Å². The Balaban J connectivity index is 2.37. The Labute approximate surface area is 133 Å². The van der Waals surface area contributed by atoms with E-state index in [9.17, 15) is 0 Å². The van der Waals surface area contributed by atoms with Gasteiger partial charge in [-0.05, 0) is 52.4 Å². The van der Waals surface area contributed by atoms with Crippen molar-refractivity contribution in [1.29, 1.82) is 0 Å². The van der Waals surface area contributed by atoms with Gasteiger partial charge in [0.15, 0.2) is 10.4 Å². The molecule has 1 aromatic carbocycles. The summed E-state index contributed by atoms with van der Waals surface area (Å²) in [5.74, 6) is 0.677. The highest BCUT2D eigenvalue weighted by Gasteiger charge is 2.13. The van der Waals surface area contributed by atoms with Crippen molar-refractivity contribution in [1.82, 2.24) is 14.5 Å². The third kappa shape index (κ3) is 2.24. The third-order valence-electron chi connectivity index (χ3n) is 2.87. The first-order valence-electron chi connectivity index (χ1n) is 5.70. The highest BCUT2D eigenvalue weighted by atomic mass is 79.9. The summed E-state index contributed by atoms with van der Waals surface area (Å²) in [5, 5.41) is 0.606. The molecular weight excluding hydrogens is 362 g/mol. The first kappa shape index (κ1) is 13.6. The van der Waals surface area contributed by atoms with E-state index in [1.807, 2.05) is 10.6 Å². The number of nitrogens with zero attached hydrogens (tertiary/aromatic N) is 2. The van der Waals surface area contributed by atoms with Crippen LogP contribution in [0.1, 0.15) is 0 Å². The second kappa shape index (κ2) is 5.20. The van der Waals surface area contributed by atoms with Gasteiger partial charge in [-0.15, -0.1) is 0 Å². The summed E-state index contributed by atoms with van der Waals surface area (Å²) in [7, 11) is 1.61. The maximum absolute atomic E-state index is 6.08. The summed E-state index contributed by atoms with van der Waals surface area (Å²) in [6.45, 7) is 0. The van der Waals surface area contributed by atoms with Crippen LogP contribution in [0.4, 0.5) is 0 Å². The van der Waals surface area contributed by atoms with Crippen LogP contribution in [0.5, 0.6) is 5.75 Å². The van der Waals surface area contributed by atoms with Crippen LogP contribution in [-0.2, 0) is 0 Å². The van der Waals surface area contributed by atoms with E-state index in [2.05, 4.69) is 25.9 Å². The van der Waals surface area contributed by atoms with E-state index in [4.69, 9.17) is 28.6 Å². The maximum atomic E-state index is 6.08. The van der Waals surface area contributed by atoms with Gasteiger partial charge in [0.25, 0.3) is 0 Å². The van der Waals surface area contributed by atoms with Crippen LogP contribution >= 0.6 is 39.7 Å². The van der Waals surface area contributed by atoms with Gasteiger partial charge in [0.2, 0.25) is 0 Å². The quantitative estimate of drug-likeness (QED) is 0.675. The van der Waals surface area contributed by atoms with Crippen molar-refractivity contribution in [2.45, 2.75) is 0 Å². The molecule has 0 unspecified atom stereocenters. The van der Waals surface area contributed by atoms with Gasteiger partial charge in [-0.25, -0.2) is 4.98 Å². The number of hydrogen-bond acceptors (Lipinski definition) is 3. The van der Waals surface area contributed by atoms with Crippen LogP contribution < -0.4 is 4.74 Å². The maximum Gasteiger partial charge on any atom is 0.184 e. The van der Waals surface area contributed by atoms with E-state index < -0.39 is 0 Å². The summed E-state index contributed by atoms with van der Waals surface area (Å²) in [6.07, 6.45) is 1.72. The minimum Gasteiger partial charge on any atom is -0.495 e. The fourth-order valence-electron chi connectivity index (χ4n) is 2.03. The van der Waals surface area contributed by atoms with Crippen LogP contribution in [0.15, 0.2) is 34.9 Å². The molecule has 0 aliphatic heterocycles. The number of nitrogens with one attached hydrogen (secondary N) is 1. The van der Waals surface area contributed by atoms with Crippen LogP contribution in [0.3, 0.4) is 0 Å². The minimum absolute atomic E-state index is 0.533. The van der Waals surface area contributed by atoms with E-state index in [-0.39, 0.29) is 0 Å². The van der Waals surface area contributed by atoms with Crippen molar-refractivity contribution in [3.8, 4) is 11.4 Å². The Morgan fingerprint density at radius 1 is 1.40 bits per heavy atom. The third-order valence-corrected chi connectivity index (χ3v) is 3.82. The molecular formula is C13H9BrClN3OS. The summed E-state index contributed by atoms with van der Waals surface area (Å²) in [4.78, 5) is 7.53. The monoisotopic (exact) mass is 369 g/mol. The molecule has 0 saturated carbocycles. The average Bonchev–Trinajstić information content (AvgIpc) is 2.73. The van der Waals surface area contributed by atoms with Crippen LogP contribution in [0.2, 0.25) is 5.02 Å². The number of aromatic amines is 1. The number of rotatable bonds is 2. The smallest absolute Gasteiger partial charge is 0.184 e. The largest absolute Gasteiger partial charge is 0.495 e. The predicted octanol–water partition coefficient (Wildman–Crippen LogP) is 4.51. The fraction of sp³-hybridized carbons (Fsp3) is 0.0769. The summed E-state index contributed by atoms with van der Waals surface area (Å²) in [6, 6.07) is 7.29. The van der Waals surface area contributed by atoms with Crippen molar-refractivity contribution < 1.29 is 4.74 Å². The second-order valence-electron chi connectivity index (χ2n) is 4.11. The Hall–Kier alpha value is -1.37. The number of methoxy groups -OCH3 is 1. The Kier molecular flexibility index (Phi) is 3.54. The average molecular weight is 371 g/mol. The lowest BCUT2D eigenvalue weighted by molar-refractivity contribution is 0.413.